The number of aromatic nitrogens is 1. The van der Waals surface area contributed by atoms with E-state index in [9.17, 15) is 20.2 Å². The second-order valence-electron chi connectivity index (χ2n) is 4.81. The molecule has 2 aromatic rings. The topological polar surface area (TPSA) is 108 Å². The minimum atomic E-state index is -0.694. The fourth-order valence-electron chi connectivity index (χ4n) is 1.66. The first-order chi connectivity index (χ1) is 10.4. The van der Waals surface area contributed by atoms with E-state index in [1.807, 2.05) is 19.2 Å². The van der Waals surface area contributed by atoms with Gasteiger partial charge in [0.2, 0.25) is 0 Å². The summed E-state index contributed by atoms with van der Waals surface area (Å²) in [5.41, 5.74) is 0.172. The molecule has 0 saturated carbocycles. The van der Waals surface area contributed by atoms with Gasteiger partial charge in [-0.25, -0.2) is 4.98 Å². The monoisotopic (exact) mass is 323 g/mol. The fraction of sp³-hybridized carbons (Fsp3) is 0.308. The summed E-state index contributed by atoms with van der Waals surface area (Å²) in [4.78, 5) is 24.6. The Balaban J connectivity index is 2.17. The van der Waals surface area contributed by atoms with Gasteiger partial charge in [-0.05, 0) is 5.92 Å². The molecule has 0 N–H and O–H groups in total. The summed E-state index contributed by atoms with van der Waals surface area (Å²) in [6.07, 6.45) is 0. The molecule has 8 nitrogen and oxygen atoms in total. The van der Waals surface area contributed by atoms with E-state index < -0.39 is 9.85 Å². The van der Waals surface area contributed by atoms with E-state index >= 15 is 0 Å². The van der Waals surface area contributed by atoms with Gasteiger partial charge in [-0.3, -0.25) is 20.2 Å². The zero-order valence-electron chi connectivity index (χ0n) is 11.9. The minimum Gasteiger partial charge on any atom is -0.486 e. The maximum atomic E-state index is 10.8. The van der Waals surface area contributed by atoms with E-state index in [0.29, 0.717) is 10.9 Å². The van der Waals surface area contributed by atoms with Crippen LogP contribution in [0.3, 0.4) is 0 Å². The van der Waals surface area contributed by atoms with Crippen molar-refractivity contribution in [3.63, 3.8) is 0 Å². The van der Waals surface area contributed by atoms with E-state index in [1.165, 1.54) is 11.3 Å². The van der Waals surface area contributed by atoms with Gasteiger partial charge in [0, 0.05) is 5.38 Å². The Labute approximate surface area is 129 Å². The van der Waals surface area contributed by atoms with Crippen LogP contribution in [-0.4, -0.2) is 14.8 Å². The van der Waals surface area contributed by atoms with Crippen molar-refractivity contribution in [1.82, 2.24) is 4.98 Å². The smallest absolute Gasteiger partial charge is 0.280 e. The van der Waals surface area contributed by atoms with Crippen molar-refractivity contribution in [2.24, 2.45) is 0 Å². The van der Waals surface area contributed by atoms with Crippen LogP contribution in [0.1, 0.15) is 30.5 Å². The van der Waals surface area contributed by atoms with Crippen LogP contribution in [0.15, 0.2) is 23.6 Å². The predicted octanol–water partition coefficient (Wildman–Crippen LogP) is 3.66. The van der Waals surface area contributed by atoms with Crippen molar-refractivity contribution in [2.75, 3.05) is 0 Å². The van der Waals surface area contributed by atoms with E-state index in [1.54, 1.807) is 0 Å². The number of nitrogens with zero attached hydrogens (tertiary/aromatic N) is 3. The Bertz CT molecular complexity index is 681. The third-order valence-electron chi connectivity index (χ3n) is 2.82. The van der Waals surface area contributed by atoms with Gasteiger partial charge in [0.15, 0.2) is 0 Å². The molecule has 1 aromatic heterocycles. The Hall–Kier alpha value is -2.55. The van der Waals surface area contributed by atoms with Crippen molar-refractivity contribution >= 4 is 22.7 Å². The maximum Gasteiger partial charge on any atom is 0.280 e. The van der Waals surface area contributed by atoms with Gasteiger partial charge >= 0.3 is 0 Å². The average molecular weight is 323 g/mol. The predicted molar refractivity (Wildman–Crippen MR) is 80.3 cm³/mol. The summed E-state index contributed by atoms with van der Waals surface area (Å²) in [7, 11) is 0. The minimum absolute atomic E-state index is 0.0715. The highest BCUT2D eigenvalue weighted by atomic mass is 32.1. The number of hydrogen-bond acceptors (Lipinski definition) is 7. The first-order valence-electron chi connectivity index (χ1n) is 6.38. The van der Waals surface area contributed by atoms with Gasteiger partial charge in [-0.15, -0.1) is 11.3 Å². The summed E-state index contributed by atoms with van der Waals surface area (Å²) in [5, 5.41) is 24.2. The second-order valence-corrected chi connectivity index (χ2v) is 5.75. The van der Waals surface area contributed by atoms with Crippen molar-refractivity contribution in [1.29, 1.82) is 0 Å². The third kappa shape index (κ3) is 3.76. The van der Waals surface area contributed by atoms with Crippen LogP contribution in [0.25, 0.3) is 0 Å². The molecule has 0 spiro atoms. The van der Waals surface area contributed by atoms with E-state index in [2.05, 4.69) is 4.98 Å². The number of ether oxygens (including phenoxy) is 1. The standard InChI is InChI=1S/C13H13N3O5S/c1-8(2)12-7-22-13(14-12)6-21-11-4-9(15(17)18)3-10(5-11)16(19)20/h3-5,7-8H,6H2,1-2H3. The second kappa shape index (κ2) is 6.48. The molecule has 0 aliphatic heterocycles. The molecule has 0 atom stereocenters. The third-order valence-corrected chi connectivity index (χ3v) is 3.66. The molecule has 0 aliphatic carbocycles. The van der Waals surface area contributed by atoms with Gasteiger partial charge < -0.3 is 4.74 Å². The Morgan fingerprint density at radius 3 is 2.23 bits per heavy atom. The largest absolute Gasteiger partial charge is 0.486 e. The van der Waals surface area contributed by atoms with Crippen LogP contribution in [0.2, 0.25) is 0 Å². The molecule has 0 aliphatic rings. The molecule has 0 unspecified atom stereocenters. The summed E-state index contributed by atoms with van der Waals surface area (Å²) in [5.74, 6) is 0.367. The number of thiazole rings is 1. The Kier molecular flexibility index (Phi) is 4.66. The molecule has 9 heteroatoms. The zero-order chi connectivity index (χ0) is 16.3. The number of nitro groups is 2. The first-order valence-corrected chi connectivity index (χ1v) is 7.25. The van der Waals surface area contributed by atoms with Crippen LogP contribution < -0.4 is 4.74 Å². The lowest BCUT2D eigenvalue weighted by molar-refractivity contribution is -0.394. The summed E-state index contributed by atoms with van der Waals surface area (Å²) in [6.45, 7) is 4.14. The van der Waals surface area contributed by atoms with Crippen LogP contribution in [0.4, 0.5) is 11.4 Å². The van der Waals surface area contributed by atoms with Crippen LogP contribution in [0.5, 0.6) is 5.75 Å². The average Bonchev–Trinajstić information content (AvgIpc) is 2.93. The van der Waals surface area contributed by atoms with Gasteiger partial charge in [-0.1, -0.05) is 13.8 Å². The first kappa shape index (κ1) is 15.8. The number of hydrogen-bond donors (Lipinski definition) is 0. The molecule has 2 rings (SSSR count). The van der Waals surface area contributed by atoms with Crippen molar-refractivity contribution in [3.05, 3.63) is 54.5 Å². The number of benzene rings is 1. The van der Waals surface area contributed by atoms with E-state index in [4.69, 9.17) is 4.74 Å². The molecule has 0 amide bonds. The molecule has 22 heavy (non-hydrogen) atoms. The Morgan fingerprint density at radius 2 is 1.77 bits per heavy atom. The summed E-state index contributed by atoms with van der Waals surface area (Å²) in [6, 6.07) is 3.21. The molecular formula is C13H13N3O5S. The highest BCUT2D eigenvalue weighted by Gasteiger charge is 2.17. The lowest BCUT2D eigenvalue weighted by Gasteiger charge is -2.04. The quantitative estimate of drug-likeness (QED) is 0.593. The Morgan fingerprint density at radius 1 is 1.18 bits per heavy atom. The van der Waals surface area contributed by atoms with Crippen LogP contribution >= 0.6 is 11.3 Å². The molecule has 0 saturated heterocycles. The van der Waals surface area contributed by atoms with Gasteiger partial charge in [0.1, 0.15) is 17.4 Å². The summed E-state index contributed by atoms with van der Waals surface area (Å²) < 4.78 is 5.41. The molecule has 0 radical (unpaired) electrons. The molecule has 116 valence electrons. The lowest BCUT2D eigenvalue weighted by atomic mass is 10.2. The highest BCUT2D eigenvalue weighted by Crippen LogP contribution is 2.28. The lowest BCUT2D eigenvalue weighted by Crippen LogP contribution is -1.99. The van der Waals surface area contributed by atoms with Crippen molar-refractivity contribution in [2.45, 2.75) is 26.4 Å². The van der Waals surface area contributed by atoms with Gasteiger partial charge in [0.05, 0.1) is 33.7 Å². The maximum absolute atomic E-state index is 10.8. The normalized spacial score (nSPS) is 10.7. The molecular weight excluding hydrogens is 310 g/mol. The van der Waals surface area contributed by atoms with Crippen molar-refractivity contribution < 1.29 is 14.6 Å². The number of rotatable bonds is 6. The van der Waals surface area contributed by atoms with E-state index in [0.717, 1.165) is 23.9 Å². The van der Waals surface area contributed by atoms with Gasteiger partial charge in [0.25, 0.3) is 11.4 Å². The number of nitro benzene ring substituents is 2. The van der Waals surface area contributed by atoms with Crippen molar-refractivity contribution in [3.8, 4) is 5.75 Å². The van der Waals surface area contributed by atoms with Crippen LogP contribution in [-0.2, 0) is 6.61 Å². The highest BCUT2D eigenvalue weighted by molar-refractivity contribution is 7.09. The van der Waals surface area contributed by atoms with Gasteiger partial charge in [-0.2, -0.15) is 0 Å². The molecule has 0 bridgehead atoms. The molecule has 0 fully saturated rings. The zero-order valence-corrected chi connectivity index (χ0v) is 12.7. The fourth-order valence-corrected chi connectivity index (χ4v) is 2.53. The SMILES string of the molecule is CC(C)c1csc(COc2cc([N+](=O)[O-])cc([N+](=O)[O-])c2)n1. The number of non-ortho nitro benzene ring substituents is 2. The van der Waals surface area contributed by atoms with Crippen LogP contribution in [0, 0.1) is 20.2 Å². The summed E-state index contributed by atoms with van der Waals surface area (Å²) >= 11 is 1.41. The molecule has 1 aromatic carbocycles. The molecule has 1 heterocycles. The van der Waals surface area contributed by atoms with E-state index in [-0.39, 0.29) is 23.7 Å².